The quantitative estimate of drug-likeness (QED) is 0.234. The fraction of sp³-hybridized carbons (Fsp3) is 0.107. The summed E-state index contributed by atoms with van der Waals surface area (Å²) in [6.45, 7) is -0.213. The van der Waals surface area contributed by atoms with Crippen LogP contribution in [0, 0.1) is 11.6 Å². The molecule has 13 heteroatoms. The summed E-state index contributed by atoms with van der Waals surface area (Å²) in [7, 11) is -1.83. The van der Waals surface area contributed by atoms with Gasteiger partial charge in [-0.3, -0.25) is 14.2 Å². The van der Waals surface area contributed by atoms with Crippen molar-refractivity contribution in [3.8, 4) is 17.2 Å². The highest BCUT2D eigenvalue weighted by Gasteiger charge is 2.31. The summed E-state index contributed by atoms with van der Waals surface area (Å²) in [6, 6.07) is 14.3. The zero-order valence-electron chi connectivity index (χ0n) is 21.6. The number of sulfonamides is 1. The molecule has 0 fully saturated rings. The van der Waals surface area contributed by atoms with E-state index in [0.717, 1.165) is 39.2 Å². The van der Waals surface area contributed by atoms with Gasteiger partial charge in [-0.1, -0.05) is 17.3 Å². The molecule has 0 N–H and O–H groups in total. The van der Waals surface area contributed by atoms with Crippen LogP contribution in [0.1, 0.15) is 15.9 Å². The van der Waals surface area contributed by atoms with Crippen LogP contribution >= 0.6 is 0 Å². The number of hydrogen-bond acceptors (Lipinski definition) is 8. The number of pyridine rings is 1. The molecule has 0 atom stereocenters. The molecule has 2 heterocycles. The fourth-order valence-electron chi connectivity index (χ4n) is 4.31. The summed E-state index contributed by atoms with van der Waals surface area (Å²) in [5.74, 6) is -1.66. The van der Waals surface area contributed by atoms with E-state index in [9.17, 15) is 22.4 Å². The van der Waals surface area contributed by atoms with Gasteiger partial charge in [-0.2, -0.15) is 0 Å². The third-order valence-electron chi connectivity index (χ3n) is 6.35. The van der Waals surface area contributed by atoms with Crippen molar-refractivity contribution in [1.29, 1.82) is 0 Å². The van der Waals surface area contributed by atoms with E-state index in [1.54, 1.807) is 24.3 Å². The molecule has 0 saturated carbocycles. The first-order chi connectivity index (χ1) is 19.7. The van der Waals surface area contributed by atoms with Gasteiger partial charge in [0.15, 0.2) is 12.1 Å². The lowest BCUT2D eigenvalue weighted by Gasteiger charge is -2.23. The van der Waals surface area contributed by atoms with E-state index in [1.807, 2.05) is 0 Å². The summed E-state index contributed by atoms with van der Waals surface area (Å²) < 4.78 is 75.1. The van der Waals surface area contributed by atoms with E-state index in [1.165, 1.54) is 32.6 Å². The number of nitrogens with zero attached hydrogens (tertiary/aromatic N) is 3. The van der Waals surface area contributed by atoms with Crippen LogP contribution in [0.2, 0.25) is 0 Å². The maximum Gasteiger partial charge on any atom is 0.268 e. The molecular weight excluding hydrogens is 560 g/mol. The van der Waals surface area contributed by atoms with Crippen molar-refractivity contribution in [3.05, 3.63) is 106 Å². The molecule has 210 valence electrons. The summed E-state index contributed by atoms with van der Waals surface area (Å²) in [5.41, 5.74) is -0.588. The number of fused-ring (bicyclic) bond motifs is 1. The van der Waals surface area contributed by atoms with Crippen molar-refractivity contribution in [3.63, 3.8) is 0 Å². The normalized spacial score (nSPS) is 11.4. The molecule has 5 rings (SSSR count). The van der Waals surface area contributed by atoms with Crippen LogP contribution in [-0.2, 0) is 16.6 Å². The summed E-state index contributed by atoms with van der Waals surface area (Å²) >= 11 is 0. The van der Waals surface area contributed by atoms with Crippen molar-refractivity contribution < 1.29 is 36.0 Å². The summed E-state index contributed by atoms with van der Waals surface area (Å²) in [6.07, 6.45) is 1.47. The minimum absolute atomic E-state index is 0.0306. The Hall–Kier alpha value is -5.04. The summed E-state index contributed by atoms with van der Waals surface area (Å²) in [4.78, 5) is 23.4. The number of rotatable bonds is 9. The average Bonchev–Trinajstić information content (AvgIpc) is 3.50. The Bertz CT molecular complexity index is 1920. The van der Waals surface area contributed by atoms with Gasteiger partial charge < -0.3 is 14.0 Å². The lowest BCUT2D eigenvalue weighted by atomic mass is 10.1. The number of anilines is 1. The predicted octanol–water partition coefficient (Wildman–Crippen LogP) is 4.48. The molecule has 0 aliphatic heterocycles. The molecule has 0 saturated heterocycles. The van der Waals surface area contributed by atoms with Gasteiger partial charge in [-0.05, 0) is 35.9 Å². The van der Waals surface area contributed by atoms with Gasteiger partial charge in [-0.15, -0.1) is 0 Å². The van der Waals surface area contributed by atoms with Gasteiger partial charge in [0.05, 0.1) is 37.5 Å². The number of hydrogen-bond donors (Lipinski definition) is 0. The van der Waals surface area contributed by atoms with Crippen molar-refractivity contribution >= 4 is 33.0 Å². The highest BCUT2D eigenvalue weighted by atomic mass is 32.2. The molecule has 0 bridgehead atoms. The van der Waals surface area contributed by atoms with Crippen LogP contribution in [0.3, 0.4) is 0 Å². The number of carbonyl (C=O) groups excluding carboxylic acids is 1. The molecule has 0 aliphatic carbocycles. The van der Waals surface area contributed by atoms with Crippen molar-refractivity contribution in [2.75, 3.05) is 18.5 Å². The number of carbonyl (C=O) groups is 1. The van der Waals surface area contributed by atoms with E-state index in [2.05, 4.69) is 5.16 Å². The monoisotopic (exact) mass is 581 g/mol. The predicted molar refractivity (Wildman–Crippen MR) is 144 cm³/mol. The number of ether oxygens (including phenoxy) is 2. The van der Waals surface area contributed by atoms with Gasteiger partial charge in [0, 0.05) is 29.7 Å². The van der Waals surface area contributed by atoms with Crippen LogP contribution in [0.15, 0.2) is 87.2 Å². The lowest BCUT2D eigenvalue weighted by Crippen LogP contribution is -2.31. The first-order valence-corrected chi connectivity index (χ1v) is 13.4. The first-order valence-electron chi connectivity index (χ1n) is 11.9. The molecule has 0 aliphatic rings. The zero-order valence-corrected chi connectivity index (χ0v) is 22.4. The van der Waals surface area contributed by atoms with Gasteiger partial charge in [0.25, 0.3) is 15.6 Å². The SMILES string of the molecule is COc1ccc(CN(c2ccon2)S(=O)(=O)c2cc3ccc(=O)n(-c4cc(F)c(C=O)cc4OC)c3cc2F)cc1. The number of benzene rings is 3. The third-order valence-corrected chi connectivity index (χ3v) is 8.11. The highest BCUT2D eigenvalue weighted by Crippen LogP contribution is 2.32. The maximum absolute atomic E-state index is 15.7. The Morgan fingerprint density at radius 3 is 2.37 bits per heavy atom. The Morgan fingerprint density at radius 1 is 0.976 bits per heavy atom. The van der Waals surface area contributed by atoms with Gasteiger partial charge >= 0.3 is 0 Å². The van der Waals surface area contributed by atoms with Crippen LogP contribution in [-0.4, -0.2) is 38.6 Å². The average molecular weight is 582 g/mol. The second-order valence-corrected chi connectivity index (χ2v) is 10.6. The topological polar surface area (TPSA) is 121 Å². The number of methoxy groups -OCH3 is 2. The fourth-order valence-corrected chi connectivity index (χ4v) is 5.79. The van der Waals surface area contributed by atoms with Gasteiger partial charge in [0.1, 0.15) is 34.3 Å². The molecule has 2 aromatic heterocycles. The van der Waals surface area contributed by atoms with E-state index in [-0.39, 0.29) is 46.6 Å². The standard InChI is InChI=1S/C28H21F2N3O7S/c1-38-20-6-3-17(4-7-20)15-32(27-9-10-40-31-27)41(36,37)26-12-18-5-8-28(35)33(23(18)14-22(26)30)24-13-21(29)19(16-34)11-25(24)39-2/h3-14,16H,15H2,1-2H3. The molecule has 5 aromatic rings. The van der Waals surface area contributed by atoms with E-state index < -0.39 is 32.1 Å². The van der Waals surface area contributed by atoms with Crippen LogP contribution in [0.4, 0.5) is 14.6 Å². The molecule has 0 unspecified atom stereocenters. The first kappa shape index (κ1) is 27.5. The van der Waals surface area contributed by atoms with E-state index in [4.69, 9.17) is 14.0 Å². The van der Waals surface area contributed by atoms with Crippen molar-refractivity contribution in [2.24, 2.45) is 0 Å². The van der Waals surface area contributed by atoms with Crippen LogP contribution in [0.25, 0.3) is 16.6 Å². The highest BCUT2D eigenvalue weighted by molar-refractivity contribution is 7.92. The van der Waals surface area contributed by atoms with Crippen molar-refractivity contribution in [1.82, 2.24) is 9.72 Å². The second kappa shape index (κ2) is 10.8. The number of halogens is 2. The largest absolute Gasteiger partial charge is 0.497 e. The minimum atomic E-state index is -4.58. The Labute approximate surface area is 232 Å². The molecule has 0 amide bonds. The van der Waals surface area contributed by atoms with Gasteiger partial charge in [-0.25, -0.2) is 21.5 Å². The second-order valence-electron chi connectivity index (χ2n) is 8.73. The lowest BCUT2D eigenvalue weighted by molar-refractivity contribution is 0.111. The van der Waals surface area contributed by atoms with Gasteiger partial charge in [0.2, 0.25) is 0 Å². The third kappa shape index (κ3) is 5.02. The van der Waals surface area contributed by atoms with Crippen molar-refractivity contribution in [2.45, 2.75) is 11.4 Å². The van der Waals surface area contributed by atoms with E-state index in [0.29, 0.717) is 11.3 Å². The Balaban J connectivity index is 1.67. The van der Waals surface area contributed by atoms with E-state index >= 15 is 4.39 Å². The number of aromatic nitrogens is 2. The number of aldehydes is 1. The zero-order chi connectivity index (χ0) is 29.3. The molecule has 3 aromatic carbocycles. The van der Waals surface area contributed by atoms with Crippen LogP contribution < -0.4 is 19.3 Å². The molecular formula is C28H21F2N3O7S. The molecule has 0 spiro atoms. The molecule has 41 heavy (non-hydrogen) atoms. The Kier molecular flexibility index (Phi) is 7.28. The molecule has 0 radical (unpaired) electrons. The smallest absolute Gasteiger partial charge is 0.268 e. The van der Waals surface area contributed by atoms with Crippen LogP contribution in [0.5, 0.6) is 11.5 Å². The maximum atomic E-state index is 15.7. The molecule has 10 nitrogen and oxygen atoms in total. The summed E-state index contributed by atoms with van der Waals surface area (Å²) in [5, 5.41) is 3.89. The Morgan fingerprint density at radius 2 is 1.73 bits per heavy atom. The minimum Gasteiger partial charge on any atom is -0.497 e.